The van der Waals surface area contributed by atoms with Crippen molar-refractivity contribution in [1.82, 2.24) is 9.80 Å². The van der Waals surface area contributed by atoms with Gasteiger partial charge < -0.3 is 15.0 Å². The average molecular weight is 347 g/mol. The topological polar surface area (TPSA) is 96.0 Å². The summed E-state index contributed by atoms with van der Waals surface area (Å²) in [5, 5.41) is 2.65. The van der Waals surface area contributed by atoms with Crippen LogP contribution in [0.5, 0.6) is 0 Å². The van der Waals surface area contributed by atoms with Gasteiger partial charge in [0.05, 0.1) is 0 Å². The Balaban J connectivity index is 1.71. The van der Waals surface area contributed by atoms with E-state index in [2.05, 4.69) is 5.32 Å². The third kappa shape index (κ3) is 5.03. The fourth-order valence-corrected chi connectivity index (χ4v) is 2.35. The van der Waals surface area contributed by atoms with Gasteiger partial charge in [0, 0.05) is 25.7 Å². The van der Waals surface area contributed by atoms with Crippen molar-refractivity contribution >= 4 is 29.5 Å². The molecular weight excluding hydrogens is 326 g/mol. The van der Waals surface area contributed by atoms with Crippen molar-refractivity contribution in [1.29, 1.82) is 0 Å². The van der Waals surface area contributed by atoms with Crippen molar-refractivity contribution in [3.8, 4) is 0 Å². The van der Waals surface area contributed by atoms with Crippen molar-refractivity contribution in [2.75, 3.05) is 25.5 Å². The molecule has 1 aromatic rings. The first-order valence-electron chi connectivity index (χ1n) is 7.99. The number of likely N-dealkylation sites (N-methyl/N-ethyl adjacent to an activating group) is 1. The average Bonchev–Trinajstić information content (AvgIpc) is 2.81. The number of imide groups is 1. The first-order chi connectivity index (χ1) is 11.9. The van der Waals surface area contributed by atoms with E-state index >= 15 is 0 Å². The zero-order valence-corrected chi connectivity index (χ0v) is 14.2. The van der Waals surface area contributed by atoms with Gasteiger partial charge in [0.2, 0.25) is 5.91 Å². The second-order valence-electron chi connectivity index (χ2n) is 5.77. The Kier molecular flexibility index (Phi) is 6.10. The highest BCUT2D eigenvalue weighted by Gasteiger charge is 2.33. The molecule has 0 radical (unpaired) electrons. The lowest BCUT2D eigenvalue weighted by Crippen LogP contribution is -2.33. The van der Waals surface area contributed by atoms with E-state index in [1.165, 1.54) is 11.8 Å². The smallest absolute Gasteiger partial charge is 0.326 e. The molecule has 134 valence electrons. The van der Waals surface area contributed by atoms with Crippen molar-refractivity contribution in [2.24, 2.45) is 0 Å². The summed E-state index contributed by atoms with van der Waals surface area (Å²) in [4.78, 5) is 49.5. The highest BCUT2D eigenvalue weighted by Crippen LogP contribution is 2.10. The Morgan fingerprint density at radius 3 is 2.52 bits per heavy atom. The van der Waals surface area contributed by atoms with Crippen LogP contribution < -0.4 is 5.32 Å². The van der Waals surface area contributed by atoms with Gasteiger partial charge in [-0.25, -0.2) is 4.79 Å². The Morgan fingerprint density at radius 1 is 1.24 bits per heavy atom. The number of amides is 4. The molecule has 4 amide bonds. The van der Waals surface area contributed by atoms with Crippen LogP contribution in [0.4, 0.5) is 10.5 Å². The fourth-order valence-electron chi connectivity index (χ4n) is 2.35. The van der Waals surface area contributed by atoms with E-state index in [9.17, 15) is 19.2 Å². The molecule has 1 aromatic carbocycles. The molecule has 1 atom stereocenters. The molecule has 1 heterocycles. The molecule has 1 N–H and O–H groups in total. The molecule has 8 nitrogen and oxygen atoms in total. The van der Waals surface area contributed by atoms with Gasteiger partial charge in [0.15, 0.2) is 6.10 Å². The van der Waals surface area contributed by atoms with Crippen LogP contribution in [0.25, 0.3) is 0 Å². The molecule has 1 aliphatic rings. The van der Waals surface area contributed by atoms with E-state index in [4.69, 9.17) is 4.74 Å². The molecular formula is C17H21N3O5. The highest BCUT2D eigenvalue weighted by atomic mass is 16.5. The predicted molar refractivity (Wildman–Crippen MR) is 89.6 cm³/mol. The fraction of sp³-hybridized carbons (Fsp3) is 0.412. The lowest BCUT2D eigenvalue weighted by atomic mass is 10.3. The van der Waals surface area contributed by atoms with Crippen LogP contribution in [0.1, 0.15) is 19.8 Å². The van der Waals surface area contributed by atoms with Gasteiger partial charge in [0.1, 0.15) is 6.54 Å². The lowest BCUT2D eigenvalue weighted by molar-refractivity contribution is -0.153. The van der Waals surface area contributed by atoms with E-state index in [1.807, 2.05) is 6.07 Å². The number of hydrogen-bond donors (Lipinski definition) is 1. The van der Waals surface area contributed by atoms with Gasteiger partial charge in [-0.3, -0.25) is 19.3 Å². The molecule has 25 heavy (non-hydrogen) atoms. The number of carbonyl (C=O) groups is 4. The minimum absolute atomic E-state index is 0.0176. The Bertz CT molecular complexity index is 662. The summed E-state index contributed by atoms with van der Waals surface area (Å²) in [5.74, 6) is -1.26. The number of benzene rings is 1. The zero-order chi connectivity index (χ0) is 18.4. The summed E-state index contributed by atoms with van der Waals surface area (Å²) in [6.45, 7) is 1.69. The van der Waals surface area contributed by atoms with Gasteiger partial charge in [-0.1, -0.05) is 18.2 Å². The van der Waals surface area contributed by atoms with Crippen LogP contribution in [0, 0.1) is 0 Å². The quantitative estimate of drug-likeness (QED) is 0.591. The number of anilines is 1. The van der Waals surface area contributed by atoms with E-state index in [-0.39, 0.29) is 37.9 Å². The van der Waals surface area contributed by atoms with Gasteiger partial charge in [-0.15, -0.1) is 0 Å². The first-order valence-corrected chi connectivity index (χ1v) is 7.99. The van der Waals surface area contributed by atoms with Crippen LogP contribution in [0.15, 0.2) is 30.3 Å². The van der Waals surface area contributed by atoms with Gasteiger partial charge >= 0.3 is 12.0 Å². The maximum Gasteiger partial charge on any atom is 0.326 e. The Morgan fingerprint density at radius 2 is 1.92 bits per heavy atom. The molecule has 0 spiro atoms. The SMILES string of the molecule is C[C@H](OC(=O)CCCN1C(=O)CN(C)C1=O)C(=O)Nc1ccccc1. The van der Waals surface area contributed by atoms with Gasteiger partial charge in [0.25, 0.3) is 5.91 Å². The summed E-state index contributed by atoms with van der Waals surface area (Å²) < 4.78 is 5.07. The maximum absolute atomic E-state index is 12.0. The first kappa shape index (κ1) is 18.4. The number of urea groups is 1. The third-order valence-electron chi connectivity index (χ3n) is 3.71. The summed E-state index contributed by atoms with van der Waals surface area (Å²) in [5.41, 5.74) is 0.616. The lowest BCUT2D eigenvalue weighted by Gasteiger charge is -2.15. The number of para-hydroxylation sites is 1. The van der Waals surface area contributed by atoms with Crippen molar-refractivity contribution in [2.45, 2.75) is 25.9 Å². The summed E-state index contributed by atoms with van der Waals surface area (Å²) in [7, 11) is 1.54. The molecule has 1 saturated heterocycles. The standard InChI is InChI=1S/C17H21N3O5/c1-12(16(23)18-13-7-4-3-5-8-13)25-15(22)9-6-10-20-14(21)11-19(2)17(20)24/h3-5,7-8,12H,6,9-11H2,1-2H3,(H,18,23)/t12-/m0/s1. The van der Waals surface area contributed by atoms with E-state index in [0.717, 1.165) is 4.90 Å². The van der Waals surface area contributed by atoms with Crippen LogP contribution in [0.2, 0.25) is 0 Å². The minimum Gasteiger partial charge on any atom is -0.453 e. The maximum atomic E-state index is 12.0. The summed E-state index contributed by atoms with van der Waals surface area (Å²) in [6, 6.07) is 8.48. The Hall–Kier alpha value is -2.90. The molecule has 1 aliphatic heterocycles. The minimum atomic E-state index is -0.936. The third-order valence-corrected chi connectivity index (χ3v) is 3.71. The van der Waals surface area contributed by atoms with E-state index in [0.29, 0.717) is 5.69 Å². The van der Waals surface area contributed by atoms with Gasteiger partial charge in [-0.05, 0) is 25.5 Å². The number of ether oxygens (including phenoxy) is 1. The number of nitrogens with one attached hydrogen (secondary N) is 1. The van der Waals surface area contributed by atoms with Crippen LogP contribution in [0.3, 0.4) is 0 Å². The largest absolute Gasteiger partial charge is 0.453 e. The molecule has 8 heteroatoms. The molecule has 2 rings (SSSR count). The number of hydrogen-bond acceptors (Lipinski definition) is 5. The molecule has 0 saturated carbocycles. The molecule has 0 bridgehead atoms. The Labute approximate surface area is 145 Å². The van der Waals surface area contributed by atoms with Crippen LogP contribution >= 0.6 is 0 Å². The van der Waals surface area contributed by atoms with Crippen molar-refractivity contribution in [3.63, 3.8) is 0 Å². The van der Waals surface area contributed by atoms with Crippen LogP contribution in [-0.2, 0) is 19.1 Å². The van der Waals surface area contributed by atoms with Crippen molar-refractivity contribution in [3.05, 3.63) is 30.3 Å². The summed E-state index contributed by atoms with van der Waals surface area (Å²) in [6.07, 6.45) is -0.630. The van der Waals surface area contributed by atoms with E-state index in [1.54, 1.807) is 31.3 Å². The molecule has 0 aliphatic carbocycles. The highest BCUT2D eigenvalue weighted by molar-refractivity contribution is 6.01. The summed E-state index contributed by atoms with van der Waals surface area (Å²) >= 11 is 0. The normalized spacial score (nSPS) is 15.3. The van der Waals surface area contributed by atoms with Gasteiger partial charge in [-0.2, -0.15) is 0 Å². The number of esters is 1. The van der Waals surface area contributed by atoms with Crippen molar-refractivity contribution < 1.29 is 23.9 Å². The number of rotatable bonds is 7. The number of carbonyl (C=O) groups excluding carboxylic acids is 4. The zero-order valence-electron chi connectivity index (χ0n) is 14.2. The van der Waals surface area contributed by atoms with Crippen LogP contribution in [-0.4, -0.2) is 59.9 Å². The molecule has 1 fully saturated rings. The predicted octanol–water partition coefficient (Wildman–Crippen LogP) is 1.23. The second kappa shape index (κ2) is 8.27. The van der Waals surface area contributed by atoms with E-state index < -0.39 is 18.0 Å². The molecule has 0 unspecified atom stereocenters. The molecule has 0 aromatic heterocycles. The second-order valence-corrected chi connectivity index (χ2v) is 5.77. The monoisotopic (exact) mass is 347 g/mol. The number of nitrogens with zero attached hydrogens (tertiary/aromatic N) is 2.